The maximum absolute atomic E-state index is 12.7. The third-order valence-corrected chi connectivity index (χ3v) is 11.9. The molecule has 0 aliphatic rings. The molecule has 10 aromatic rings. The molecule has 0 bridgehead atoms. The van der Waals surface area contributed by atoms with Crippen LogP contribution in [-0.2, 0) is 24.2 Å². The first-order chi connectivity index (χ1) is 37.0. The summed E-state index contributed by atoms with van der Waals surface area (Å²) in [7, 11) is 4.57. The van der Waals surface area contributed by atoms with Gasteiger partial charge in [-0.2, -0.15) is 36.3 Å². The molecule has 0 aliphatic heterocycles. The van der Waals surface area contributed by atoms with E-state index in [2.05, 4.69) is 110 Å². The molecular formula is C44H39BrClF6N19O5S2. The largest absolute Gasteiger partial charge is 0.481 e. The highest BCUT2D eigenvalue weighted by Gasteiger charge is 2.39. The zero-order valence-electron chi connectivity index (χ0n) is 39.4. The number of nitrogens with zero attached hydrogens (tertiary/aromatic N) is 17. The number of methoxy groups -OCH3 is 3. The highest BCUT2D eigenvalue weighted by atomic mass is 79.9. The predicted molar refractivity (Wildman–Crippen MR) is 275 cm³/mol. The number of halogens is 8. The van der Waals surface area contributed by atoms with E-state index in [4.69, 9.17) is 31.5 Å². The van der Waals surface area contributed by atoms with Crippen LogP contribution >= 0.6 is 50.2 Å². The van der Waals surface area contributed by atoms with E-state index in [-0.39, 0.29) is 19.1 Å². The van der Waals surface area contributed by atoms with Crippen LogP contribution in [0.5, 0.6) is 17.6 Å². The third-order valence-electron chi connectivity index (χ3n) is 8.56. The van der Waals surface area contributed by atoms with Crippen molar-refractivity contribution in [3.05, 3.63) is 144 Å². The minimum absolute atomic E-state index is 0. The Kier molecular flexibility index (Phi) is 22.8. The second-order valence-electron chi connectivity index (χ2n) is 13.8. The van der Waals surface area contributed by atoms with Gasteiger partial charge in [0.25, 0.3) is 0 Å². The first-order valence-corrected chi connectivity index (χ1v) is 24.1. The Morgan fingerprint density at radius 2 is 1.13 bits per heavy atom. The summed E-state index contributed by atoms with van der Waals surface area (Å²) < 4.78 is 98.0. The second-order valence-corrected chi connectivity index (χ2v) is 17.0. The quantitative estimate of drug-likeness (QED) is 0.0848. The van der Waals surface area contributed by atoms with Crippen molar-refractivity contribution in [1.82, 2.24) is 80.1 Å². The molecule has 0 saturated heterocycles. The molecule has 408 valence electrons. The summed E-state index contributed by atoms with van der Waals surface area (Å²) in [5, 5.41) is 10.8. The van der Waals surface area contributed by atoms with E-state index in [0.717, 1.165) is 9.75 Å². The first kappa shape index (κ1) is 60.2. The van der Waals surface area contributed by atoms with E-state index < -0.39 is 24.1 Å². The van der Waals surface area contributed by atoms with Gasteiger partial charge in [0.2, 0.25) is 29.3 Å². The summed E-state index contributed by atoms with van der Waals surface area (Å²) in [4.78, 5) is 58.6. The van der Waals surface area contributed by atoms with Crippen LogP contribution in [0.2, 0.25) is 5.15 Å². The molecule has 0 atom stereocenters. The Bertz CT molecular complexity index is 3340. The first-order valence-electron chi connectivity index (χ1n) is 20.9. The SMILES string of the molecule is C.COc1cc(N(Cc2ccc(-c3noc(C(F)(F)F)n3)s2)c2cnccn2)ncn1.COc1cc(N)ncn1.COc1cc(Nc2cnccn2)ncn1.Clc1cnccn1.FC(F)(F)c1nc(-c2ccc(CBr)s2)no1. The molecule has 0 fully saturated rings. The molecule has 0 spiro atoms. The number of hydrogen-bond donors (Lipinski definition) is 2. The molecule has 0 radical (unpaired) electrons. The molecule has 0 amide bonds. The Morgan fingerprint density at radius 1 is 0.603 bits per heavy atom. The van der Waals surface area contributed by atoms with Gasteiger partial charge in [0, 0.05) is 70.5 Å². The Balaban J connectivity index is 0.000000197. The molecule has 0 saturated carbocycles. The molecule has 0 aromatic carbocycles. The number of nitrogen functional groups attached to an aromatic ring is 1. The van der Waals surface area contributed by atoms with E-state index in [9.17, 15) is 26.3 Å². The standard InChI is InChI=1S/C17H12F3N7O2S.C9H9N5O.C8H4BrF3N2OS.C5H7N3O.C4H3ClN2.CH4/c1-28-14-6-12(23-9-24-14)27(13-7-21-4-5-22-13)8-10-2-3-11(30-10)15-25-16(29-26-15)17(18,19)20;1-15-9-4-7(12-6-13-9)14-8-5-10-2-3-11-8;9-3-4-1-2-5(16-4)6-13-7(15-14-6)8(10,11)12;1-9-5-2-4(6)7-3-8-5;5-4-3-6-1-2-7-4;/h2-7,9H,8H2,1H3;2-6H,1H3,(H,11,12,13,14);1-2H,3H2;2-3H,1H3,(H2,6,7,8);1-3H;1H4. The highest BCUT2D eigenvalue weighted by Crippen LogP contribution is 2.35. The summed E-state index contributed by atoms with van der Waals surface area (Å²) >= 11 is 11.1. The lowest BCUT2D eigenvalue weighted by molar-refractivity contribution is -0.160. The molecule has 10 aromatic heterocycles. The summed E-state index contributed by atoms with van der Waals surface area (Å²) in [5.41, 5.74) is 5.30. The number of thiophene rings is 2. The van der Waals surface area contributed by atoms with Crippen LogP contribution in [0.15, 0.2) is 126 Å². The van der Waals surface area contributed by atoms with Gasteiger partial charge in [0.15, 0.2) is 5.82 Å². The molecule has 0 aliphatic carbocycles. The van der Waals surface area contributed by atoms with Crippen molar-refractivity contribution in [1.29, 1.82) is 0 Å². The molecular weight excluding hydrogens is 1170 g/mol. The van der Waals surface area contributed by atoms with E-state index in [1.807, 2.05) is 0 Å². The van der Waals surface area contributed by atoms with Crippen molar-refractivity contribution in [2.45, 2.75) is 31.7 Å². The van der Waals surface area contributed by atoms with Gasteiger partial charge < -0.3 is 39.2 Å². The van der Waals surface area contributed by atoms with Gasteiger partial charge >= 0.3 is 24.1 Å². The number of ether oxygens (including phenoxy) is 3. The number of nitrogens with one attached hydrogen (secondary N) is 1. The zero-order chi connectivity index (χ0) is 55.2. The van der Waals surface area contributed by atoms with Crippen molar-refractivity contribution >= 4 is 79.3 Å². The van der Waals surface area contributed by atoms with E-state index in [1.54, 1.807) is 104 Å². The van der Waals surface area contributed by atoms with Gasteiger partial charge in [0.1, 0.15) is 47.4 Å². The van der Waals surface area contributed by atoms with Gasteiger partial charge in [-0.3, -0.25) is 15.0 Å². The Morgan fingerprint density at radius 3 is 1.59 bits per heavy atom. The summed E-state index contributed by atoms with van der Waals surface area (Å²) in [5.74, 6) is 1.16. The maximum Gasteiger partial charge on any atom is 0.471 e. The lowest BCUT2D eigenvalue weighted by atomic mass is 10.3. The minimum Gasteiger partial charge on any atom is -0.481 e. The number of rotatable bonds is 12. The monoisotopic (exact) mass is 1210 g/mol. The van der Waals surface area contributed by atoms with E-state index >= 15 is 0 Å². The van der Waals surface area contributed by atoms with Crippen LogP contribution in [0.3, 0.4) is 0 Å². The zero-order valence-corrected chi connectivity index (χ0v) is 43.4. The fourth-order valence-electron chi connectivity index (χ4n) is 5.25. The van der Waals surface area contributed by atoms with Crippen molar-refractivity contribution in [2.24, 2.45) is 0 Å². The molecule has 24 nitrogen and oxygen atoms in total. The molecule has 34 heteroatoms. The van der Waals surface area contributed by atoms with Crippen LogP contribution < -0.4 is 30.2 Å². The fourth-order valence-corrected chi connectivity index (χ4v) is 7.59. The molecule has 10 rings (SSSR count). The average Bonchev–Trinajstić information content (AvgIpc) is 4.34. The summed E-state index contributed by atoms with van der Waals surface area (Å²) in [6, 6.07) is 11.7. The van der Waals surface area contributed by atoms with Gasteiger partial charge in [-0.25, -0.2) is 44.9 Å². The Hall–Kier alpha value is -8.69. The number of anilines is 5. The molecule has 0 unspecified atom stereocenters. The van der Waals surface area contributed by atoms with Gasteiger partial charge in [0.05, 0.1) is 56.2 Å². The number of nitrogens with two attached hydrogens (primary N) is 1. The van der Waals surface area contributed by atoms with Crippen LogP contribution in [-0.4, -0.2) is 101 Å². The summed E-state index contributed by atoms with van der Waals surface area (Å²) in [6.07, 6.45) is 8.90. The fraction of sp³-hybridized carbons (Fsp3) is 0.182. The van der Waals surface area contributed by atoms with Crippen LogP contribution in [0.25, 0.3) is 21.4 Å². The smallest absolute Gasteiger partial charge is 0.471 e. The number of hydrogen-bond acceptors (Lipinski definition) is 26. The Labute approximate surface area is 458 Å². The lowest BCUT2D eigenvalue weighted by Crippen LogP contribution is -2.18. The van der Waals surface area contributed by atoms with Gasteiger partial charge in [-0.05, 0) is 24.3 Å². The van der Waals surface area contributed by atoms with Crippen molar-refractivity contribution in [3.8, 4) is 39.0 Å². The highest BCUT2D eigenvalue weighted by molar-refractivity contribution is 9.08. The molecule has 3 N–H and O–H groups in total. The van der Waals surface area contributed by atoms with Crippen LogP contribution in [0.1, 0.15) is 29.0 Å². The van der Waals surface area contributed by atoms with Crippen LogP contribution in [0.4, 0.5) is 55.4 Å². The third kappa shape index (κ3) is 18.8. The van der Waals surface area contributed by atoms with E-state index in [0.29, 0.717) is 73.5 Å². The van der Waals surface area contributed by atoms with Crippen molar-refractivity contribution in [3.63, 3.8) is 0 Å². The van der Waals surface area contributed by atoms with Crippen molar-refractivity contribution in [2.75, 3.05) is 37.3 Å². The van der Waals surface area contributed by atoms with Crippen LogP contribution in [0, 0.1) is 0 Å². The number of aromatic nitrogens is 16. The maximum atomic E-state index is 12.7. The average molecular weight is 1210 g/mol. The lowest BCUT2D eigenvalue weighted by Gasteiger charge is -2.21. The normalized spacial score (nSPS) is 10.6. The predicted octanol–water partition coefficient (Wildman–Crippen LogP) is 10.3. The topological polar surface area (TPSA) is 301 Å². The number of alkyl halides is 7. The van der Waals surface area contributed by atoms with Gasteiger partial charge in [-0.1, -0.05) is 45.3 Å². The van der Waals surface area contributed by atoms with E-state index in [1.165, 1.54) is 62.1 Å². The minimum atomic E-state index is -4.69. The molecule has 10 heterocycles. The van der Waals surface area contributed by atoms with Gasteiger partial charge in [-0.15, -0.1) is 22.7 Å². The van der Waals surface area contributed by atoms with Crippen molar-refractivity contribution < 1.29 is 49.6 Å². The second kappa shape index (κ2) is 29.6. The molecule has 78 heavy (non-hydrogen) atoms. The summed E-state index contributed by atoms with van der Waals surface area (Å²) in [6.45, 7) is 0.313.